The van der Waals surface area contributed by atoms with Gasteiger partial charge in [0, 0.05) is 38.3 Å². The van der Waals surface area contributed by atoms with Gasteiger partial charge in [-0.05, 0) is 18.6 Å². The van der Waals surface area contributed by atoms with Crippen LogP contribution in [0, 0.1) is 0 Å². The van der Waals surface area contributed by atoms with E-state index in [1.807, 2.05) is 25.1 Å². The van der Waals surface area contributed by atoms with E-state index in [2.05, 4.69) is 4.98 Å². The molecule has 0 bridgehead atoms. The first kappa shape index (κ1) is 16.9. The highest BCUT2D eigenvalue weighted by Gasteiger charge is 2.11. The van der Waals surface area contributed by atoms with Crippen molar-refractivity contribution in [2.45, 2.75) is 32.6 Å². The van der Waals surface area contributed by atoms with Gasteiger partial charge in [-0.15, -0.1) is 0 Å². The molecule has 6 heteroatoms. The molecule has 0 spiro atoms. The van der Waals surface area contributed by atoms with Gasteiger partial charge in [0.25, 0.3) is 0 Å². The van der Waals surface area contributed by atoms with Crippen LogP contribution < -0.4 is 0 Å². The molecule has 116 valence electrons. The predicted octanol–water partition coefficient (Wildman–Crippen LogP) is 2.38. The van der Waals surface area contributed by atoms with Crippen LogP contribution in [-0.2, 0) is 20.7 Å². The maximum atomic E-state index is 11.7. The Morgan fingerprint density at radius 3 is 2.76 bits per heavy atom. The lowest BCUT2D eigenvalue weighted by Crippen LogP contribution is -2.30. The van der Waals surface area contributed by atoms with Crippen LogP contribution in [0.5, 0.6) is 0 Å². The molecule has 21 heavy (non-hydrogen) atoms. The van der Waals surface area contributed by atoms with Gasteiger partial charge in [0.15, 0.2) is 0 Å². The topological polar surface area (TPSA) is 68.7 Å². The first-order chi connectivity index (χ1) is 10.1. The summed E-state index contributed by atoms with van der Waals surface area (Å²) in [5.74, 6) is -0.346. The molecule has 0 unspecified atom stereocenters. The Morgan fingerprint density at radius 2 is 2.10 bits per heavy atom. The summed E-state index contributed by atoms with van der Waals surface area (Å²) in [7, 11) is 1.63. The molecule has 0 atom stereocenters. The molecule has 0 N–H and O–H groups in total. The lowest BCUT2D eigenvalue weighted by molar-refractivity contribution is -0.152. The van der Waals surface area contributed by atoms with E-state index in [0.29, 0.717) is 19.4 Å². The fourth-order valence-corrected chi connectivity index (χ4v) is 1.57. The van der Waals surface area contributed by atoms with Gasteiger partial charge >= 0.3 is 12.1 Å². The smallest absolute Gasteiger partial charge is 0.412 e. The molecule has 0 aliphatic heterocycles. The van der Waals surface area contributed by atoms with Gasteiger partial charge in [0.2, 0.25) is 6.79 Å². The third-order valence-electron chi connectivity index (χ3n) is 2.88. The van der Waals surface area contributed by atoms with Crippen molar-refractivity contribution in [1.82, 2.24) is 9.88 Å². The summed E-state index contributed by atoms with van der Waals surface area (Å²) in [5, 5.41) is 0. The van der Waals surface area contributed by atoms with Crippen molar-refractivity contribution < 1.29 is 19.1 Å². The number of pyridine rings is 1. The number of carbonyl (C=O) groups excluding carboxylic acids is 2. The lowest BCUT2D eigenvalue weighted by Gasteiger charge is -2.16. The van der Waals surface area contributed by atoms with Crippen LogP contribution in [-0.4, -0.2) is 42.3 Å². The SMILES string of the molecule is CCCCC(=O)OCOC(=O)N(C)CCc1ccccn1. The van der Waals surface area contributed by atoms with Crippen molar-refractivity contribution in [2.75, 3.05) is 20.4 Å². The van der Waals surface area contributed by atoms with Crippen molar-refractivity contribution in [1.29, 1.82) is 0 Å². The zero-order valence-corrected chi connectivity index (χ0v) is 12.6. The van der Waals surface area contributed by atoms with Gasteiger partial charge in [0.1, 0.15) is 0 Å². The Labute approximate surface area is 125 Å². The quantitative estimate of drug-likeness (QED) is 0.544. The molecule has 0 aromatic carbocycles. The van der Waals surface area contributed by atoms with Crippen LogP contribution in [0.25, 0.3) is 0 Å². The van der Waals surface area contributed by atoms with Gasteiger partial charge in [-0.2, -0.15) is 0 Å². The van der Waals surface area contributed by atoms with Gasteiger partial charge < -0.3 is 14.4 Å². The Balaban J connectivity index is 2.18. The van der Waals surface area contributed by atoms with Gasteiger partial charge in [-0.25, -0.2) is 4.79 Å². The standard InChI is InChI=1S/C15H22N2O4/c1-3-4-8-14(18)20-12-21-15(19)17(2)11-9-13-7-5-6-10-16-13/h5-7,10H,3-4,8-9,11-12H2,1-2H3. The van der Waals surface area contributed by atoms with Crippen LogP contribution in [0.3, 0.4) is 0 Å². The average Bonchev–Trinajstić information content (AvgIpc) is 2.51. The Morgan fingerprint density at radius 1 is 1.29 bits per heavy atom. The second-order valence-corrected chi connectivity index (χ2v) is 4.64. The number of hydrogen-bond donors (Lipinski definition) is 0. The molecular weight excluding hydrogens is 272 g/mol. The van der Waals surface area contributed by atoms with Gasteiger partial charge in [0.05, 0.1) is 0 Å². The first-order valence-electron chi connectivity index (χ1n) is 7.07. The minimum absolute atomic E-state index is 0.338. The van der Waals surface area contributed by atoms with Crippen molar-refractivity contribution in [3.8, 4) is 0 Å². The number of ether oxygens (including phenoxy) is 2. The van der Waals surface area contributed by atoms with E-state index >= 15 is 0 Å². The van der Waals surface area contributed by atoms with Crippen molar-refractivity contribution >= 4 is 12.1 Å². The van der Waals surface area contributed by atoms with Crippen molar-refractivity contribution in [3.05, 3.63) is 30.1 Å². The zero-order valence-electron chi connectivity index (χ0n) is 12.6. The molecule has 1 heterocycles. The molecule has 1 aromatic rings. The van der Waals surface area contributed by atoms with E-state index in [1.54, 1.807) is 13.2 Å². The number of nitrogens with zero attached hydrogens (tertiary/aromatic N) is 2. The third kappa shape index (κ3) is 7.29. The first-order valence-corrected chi connectivity index (χ1v) is 7.07. The van der Waals surface area contributed by atoms with E-state index in [-0.39, 0.29) is 12.8 Å². The van der Waals surface area contributed by atoms with E-state index in [4.69, 9.17) is 9.47 Å². The largest absolute Gasteiger partial charge is 0.428 e. The third-order valence-corrected chi connectivity index (χ3v) is 2.88. The lowest BCUT2D eigenvalue weighted by atomic mass is 10.2. The molecule has 0 radical (unpaired) electrons. The molecule has 0 saturated heterocycles. The fraction of sp³-hybridized carbons (Fsp3) is 0.533. The number of hydrogen-bond acceptors (Lipinski definition) is 5. The predicted molar refractivity (Wildman–Crippen MR) is 77.5 cm³/mol. The summed E-state index contributed by atoms with van der Waals surface area (Å²) >= 11 is 0. The minimum atomic E-state index is -0.519. The molecule has 1 aromatic heterocycles. The molecule has 1 amide bonds. The van der Waals surface area contributed by atoms with Crippen LogP contribution in [0.1, 0.15) is 31.9 Å². The number of rotatable bonds is 8. The van der Waals surface area contributed by atoms with Crippen molar-refractivity contribution in [2.24, 2.45) is 0 Å². The number of aromatic nitrogens is 1. The average molecular weight is 294 g/mol. The molecule has 0 aliphatic rings. The molecule has 0 fully saturated rings. The maximum Gasteiger partial charge on any atom is 0.412 e. The summed E-state index contributed by atoms with van der Waals surface area (Å²) in [6.45, 7) is 2.14. The van der Waals surface area contributed by atoms with Crippen LogP contribution in [0.15, 0.2) is 24.4 Å². The van der Waals surface area contributed by atoms with E-state index in [9.17, 15) is 9.59 Å². The molecule has 1 rings (SSSR count). The minimum Gasteiger partial charge on any atom is -0.428 e. The van der Waals surface area contributed by atoms with Crippen LogP contribution in [0.4, 0.5) is 4.79 Å². The van der Waals surface area contributed by atoms with Crippen molar-refractivity contribution in [3.63, 3.8) is 0 Å². The highest BCUT2D eigenvalue weighted by molar-refractivity contribution is 5.70. The summed E-state index contributed by atoms with van der Waals surface area (Å²) < 4.78 is 9.67. The highest BCUT2D eigenvalue weighted by atomic mass is 16.7. The molecular formula is C15H22N2O4. The summed E-state index contributed by atoms with van der Waals surface area (Å²) in [6.07, 6.45) is 3.88. The van der Waals surface area contributed by atoms with E-state index in [1.165, 1.54) is 4.90 Å². The molecule has 6 nitrogen and oxygen atoms in total. The van der Waals surface area contributed by atoms with E-state index < -0.39 is 6.09 Å². The Kier molecular flexibility index (Phi) is 7.86. The number of likely N-dealkylation sites (N-methyl/N-ethyl adjacent to an activating group) is 1. The van der Waals surface area contributed by atoms with E-state index in [0.717, 1.165) is 18.5 Å². The van der Waals surface area contributed by atoms with Gasteiger partial charge in [-0.1, -0.05) is 19.4 Å². The normalized spacial score (nSPS) is 10.0. The highest BCUT2D eigenvalue weighted by Crippen LogP contribution is 2.00. The second-order valence-electron chi connectivity index (χ2n) is 4.64. The second kappa shape index (κ2) is 9.74. The Bertz CT molecular complexity index is 437. The summed E-state index contributed by atoms with van der Waals surface area (Å²) in [6, 6.07) is 5.64. The van der Waals surface area contributed by atoms with Gasteiger partial charge in [-0.3, -0.25) is 9.78 Å². The number of esters is 1. The number of amides is 1. The number of carbonyl (C=O) groups is 2. The van der Waals surface area contributed by atoms with Crippen LogP contribution >= 0.6 is 0 Å². The Hall–Kier alpha value is -2.11. The fourth-order valence-electron chi connectivity index (χ4n) is 1.57. The molecule has 0 saturated carbocycles. The summed E-state index contributed by atoms with van der Waals surface area (Å²) in [4.78, 5) is 28.5. The zero-order chi connectivity index (χ0) is 15.5. The monoisotopic (exact) mass is 294 g/mol. The van der Waals surface area contributed by atoms with Crippen LogP contribution in [0.2, 0.25) is 0 Å². The summed E-state index contributed by atoms with van der Waals surface area (Å²) in [5.41, 5.74) is 0.906. The molecule has 0 aliphatic carbocycles. The number of unbranched alkanes of at least 4 members (excludes halogenated alkanes) is 1. The maximum absolute atomic E-state index is 11.7.